The molecule has 4 rings (SSSR count). The SMILES string of the molecule is CCNCCc1cccc(-c2ccc(CN3CC(c4ccccc4)OC3=O)cc2)c1. The van der Waals surface area contributed by atoms with E-state index in [0.717, 1.165) is 30.6 Å². The molecule has 0 radical (unpaired) electrons. The maximum atomic E-state index is 12.3. The smallest absolute Gasteiger partial charge is 0.410 e. The zero-order valence-corrected chi connectivity index (χ0v) is 17.4. The van der Waals surface area contributed by atoms with Crippen LogP contribution in [0.5, 0.6) is 0 Å². The first-order valence-corrected chi connectivity index (χ1v) is 10.6. The van der Waals surface area contributed by atoms with Crippen molar-refractivity contribution in [2.45, 2.75) is 26.0 Å². The zero-order chi connectivity index (χ0) is 20.8. The average molecular weight is 401 g/mol. The molecule has 1 fully saturated rings. The summed E-state index contributed by atoms with van der Waals surface area (Å²) in [5, 5.41) is 3.37. The van der Waals surface area contributed by atoms with Gasteiger partial charge in [0, 0.05) is 6.54 Å². The molecule has 1 aliphatic rings. The van der Waals surface area contributed by atoms with E-state index >= 15 is 0 Å². The minimum absolute atomic E-state index is 0.192. The van der Waals surface area contributed by atoms with Crippen molar-refractivity contribution >= 4 is 6.09 Å². The zero-order valence-electron chi connectivity index (χ0n) is 17.4. The predicted molar refractivity (Wildman–Crippen MR) is 120 cm³/mol. The molecule has 3 aromatic rings. The van der Waals surface area contributed by atoms with Crippen LogP contribution in [0.25, 0.3) is 11.1 Å². The van der Waals surface area contributed by atoms with Crippen molar-refractivity contribution in [1.29, 1.82) is 0 Å². The second kappa shape index (κ2) is 9.59. The van der Waals surface area contributed by atoms with E-state index < -0.39 is 0 Å². The van der Waals surface area contributed by atoms with Gasteiger partial charge in [0.1, 0.15) is 6.10 Å². The van der Waals surface area contributed by atoms with Crippen LogP contribution in [0.15, 0.2) is 78.9 Å². The molecule has 4 heteroatoms. The number of likely N-dealkylation sites (N-methyl/N-ethyl adjacent to an activating group) is 1. The lowest BCUT2D eigenvalue weighted by molar-refractivity contribution is 0.132. The molecule has 1 aliphatic heterocycles. The van der Waals surface area contributed by atoms with Gasteiger partial charge >= 0.3 is 6.09 Å². The van der Waals surface area contributed by atoms with E-state index in [4.69, 9.17) is 4.74 Å². The average Bonchev–Trinajstić information content (AvgIpc) is 3.15. The molecular formula is C26H28N2O2. The predicted octanol–water partition coefficient (Wildman–Crippen LogP) is 5.20. The second-order valence-corrected chi connectivity index (χ2v) is 7.66. The van der Waals surface area contributed by atoms with E-state index in [1.165, 1.54) is 16.7 Å². The first kappa shape index (κ1) is 20.2. The van der Waals surface area contributed by atoms with Gasteiger partial charge in [0.2, 0.25) is 0 Å². The molecule has 3 aromatic carbocycles. The van der Waals surface area contributed by atoms with Crippen molar-refractivity contribution in [3.05, 3.63) is 95.6 Å². The fourth-order valence-electron chi connectivity index (χ4n) is 3.82. The van der Waals surface area contributed by atoms with Gasteiger partial charge in [0.15, 0.2) is 0 Å². The summed E-state index contributed by atoms with van der Waals surface area (Å²) in [5.41, 5.74) is 5.89. The normalized spacial score (nSPS) is 16.0. The van der Waals surface area contributed by atoms with Crippen LogP contribution in [0, 0.1) is 0 Å². The number of nitrogens with zero attached hydrogens (tertiary/aromatic N) is 1. The van der Waals surface area contributed by atoms with Gasteiger partial charge in [-0.25, -0.2) is 4.79 Å². The Morgan fingerprint density at radius 1 is 0.933 bits per heavy atom. The minimum Gasteiger partial charge on any atom is -0.439 e. The summed E-state index contributed by atoms with van der Waals surface area (Å²) in [6.45, 7) is 5.26. The number of rotatable bonds is 8. The Balaban J connectivity index is 1.39. The quantitative estimate of drug-likeness (QED) is 0.529. The largest absolute Gasteiger partial charge is 0.439 e. The fourth-order valence-corrected chi connectivity index (χ4v) is 3.82. The maximum Gasteiger partial charge on any atom is 0.410 e. The van der Waals surface area contributed by atoms with E-state index in [2.05, 4.69) is 60.8 Å². The van der Waals surface area contributed by atoms with Gasteiger partial charge in [-0.2, -0.15) is 0 Å². The molecule has 1 amide bonds. The molecule has 4 nitrogen and oxygen atoms in total. The van der Waals surface area contributed by atoms with Crippen molar-refractivity contribution < 1.29 is 9.53 Å². The first-order chi connectivity index (χ1) is 14.7. The highest BCUT2D eigenvalue weighted by molar-refractivity contribution is 5.70. The van der Waals surface area contributed by atoms with Crippen LogP contribution in [0.2, 0.25) is 0 Å². The van der Waals surface area contributed by atoms with Crippen LogP contribution >= 0.6 is 0 Å². The van der Waals surface area contributed by atoms with E-state index in [1.54, 1.807) is 4.90 Å². The van der Waals surface area contributed by atoms with Crippen molar-refractivity contribution in [3.63, 3.8) is 0 Å². The molecule has 0 aliphatic carbocycles. The Hall–Kier alpha value is -3.11. The van der Waals surface area contributed by atoms with Crippen LogP contribution in [0.3, 0.4) is 0 Å². The number of carbonyl (C=O) groups excluding carboxylic acids is 1. The summed E-state index contributed by atoms with van der Waals surface area (Å²) in [6.07, 6.45) is 0.587. The number of carbonyl (C=O) groups is 1. The van der Waals surface area contributed by atoms with Gasteiger partial charge in [-0.1, -0.05) is 85.8 Å². The molecule has 1 atom stereocenters. The maximum absolute atomic E-state index is 12.3. The Bertz CT molecular complexity index is 970. The van der Waals surface area contributed by atoms with E-state index in [1.807, 2.05) is 30.3 Å². The van der Waals surface area contributed by atoms with Gasteiger partial charge in [-0.3, -0.25) is 4.90 Å². The summed E-state index contributed by atoms with van der Waals surface area (Å²) < 4.78 is 5.56. The standard InChI is InChI=1S/C26H28N2O2/c1-2-27-16-15-20-7-6-10-24(17-20)22-13-11-21(12-14-22)18-28-19-25(30-26(28)29)23-8-4-3-5-9-23/h3-14,17,25,27H,2,15-16,18-19H2,1H3. The third-order valence-corrected chi connectivity index (χ3v) is 5.49. The first-order valence-electron chi connectivity index (χ1n) is 10.6. The van der Waals surface area contributed by atoms with Crippen LogP contribution in [-0.4, -0.2) is 30.6 Å². The van der Waals surface area contributed by atoms with Gasteiger partial charge in [-0.15, -0.1) is 0 Å². The summed E-state index contributed by atoms with van der Waals surface area (Å²) >= 11 is 0. The molecular weight excluding hydrogens is 372 g/mol. The number of nitrogens with one attached hydrogen (secondary N) is 1. The third kappa shape index (κ3) is 4.89. The van der Waals surface area contributed by atoms with Crippen molar-refractivity contribution in [3.8, 4) is 11.1 Å². The number of ether oxygens (including phenoxy) is 1. The number of benzene rings is 3. The molecule has 0 spiro atoms. The summed E-state index contributed by atoms with van der Waals surface area (Å²) in [6, 6.07) is 27.1. The van der Waals surface area contributed by atoms with Gasteiger partial charge in [0.25, 0.3) is 0 Å². The lowest BCUT2D eigenvalue weighted by atomic mass is 10.0. The Morgan fingerprint density at radius 3 is 2.50 bits per heavy atom. The summed E-state index contributed by atoms with van der Waals surface area (Å²) in [4.78, 5) is 14.1. The van der Waals surface area contributed by atoms with E-state index in [-0.39, 0.29) is 12.2 Å². The molecule has 1 heterocycles. The molecule has 1 saturated heterocycles. The molecule has 0 bridgehead atoms. The molecule has 154 valence electrons. The molecule has 0 aromatic heterocycles. The molecule has 1 N–H and O–H groups in total. The fraction of sp³-hybridized carbons (Fsp3) is 0.269. The Labute approximate surface area is 178 Å². The molecule has 0 saturated carbocycles. The summed E-state index contributed by atoms with van der Waals surface area (Å²) in [5.74, 6) is 0. The highest BCUT2D eigenvalue weighted by Crippen LogP contribution is 2.28. The number of amides is 1. The number of cyclic esters (lactones) is 1. The monoisotopic (exact) mass is 400 g/mol. The van der Waals surface area contributed by atoms with Gasteiger partial charge in [-0.05, 0) is 47.3 Å². The lowest BCUT2D eigenvalue weighted by Gasteiger charge is -2.13. The summed E-state index contributed by atoms with van der Waals surface area (Å²) in [7, 11) is 0. The second-order valence-electron chi connectivity index (χ2n) is 7.66. The Morgan fingerprint density at radius 2 is 1.73 bits per heavy atom. The van der Waals surface area contributed by atoms with E-state index in [0.29, 0.717) is 13.1 Å². The van der Waals surface area contributed by atoms with Crippen molar-refractivity contribution in [1.82, 2.24) is 10.2 Å². The lowest BCUT2D eigenvalue weighted by Crippen LogP contribution is -2.23. The topological polar surface area (TPSA) is 41.6 Å². The van der Waals surface area contributed by atoms with Crippen LogP contribution < -0.4 is 5.32 Å². The van der Waals surface area contributed by atoms with Crippen LogP contribution in [-0.2, 0) is 17.7 Å². The van der Waals surface area contributed by atoms with Gasteiger partial charge in [0.05, 0.1) is 6.54 Å². The van der Waals surface area contributed by atoms with Crippen molar-refractivity contribution in [2.75, 3.05) is 19.6 Å². The van der Waals surface area contributed by atoms with E-state index in [9.17, 15) is 4.79 Å². The Kier molecular flexibility index (Phi) is 6.45. The third-order valence-electron chi connectivity index (χ3n) is 5.49. The van der Waals surface area contributed by atoms with Crippen molar-refractivity contribution in [2.24, 2.45) is 0 Å². The number of hydrogen-bond acceptors (Lipinski definition) is 3. The highest BCUT2D eigenvalue weighted by atomic mass is 16.6. The van der Waals surface area contributed by atoms with Gasteiger partial charge < -0.3 is 10.1 Å². The van der Waals surface area contributed by atoms with Crippen LogP contribution in [0.4, 0.5) is 4.79 Å². The van der Waals surface area contributed by atoms with Crippen LogP contribution in [0.1, 0.15) is 29.7 Å². The number of hydrogen-bond donors (Lipinski definition) is 1. The molecule has 1 unspecified atom stereocenters. The minimum atomic E-state index is -0.249. The molecule has 30 heavy (non-hydrogen) atoms. The highest BCUT2D eigenvalue weighted by Gasteiger charge is 2.32.